The summed E-state index contributed by atoms with van der Waals surface area (Å²) >= 11 is 0. The molecule has 66 valence electrons. The molecule has 1 N–H and O–H groups in total. The second-order valence-electron chi connectivity index (χ2n) is 2.54. The molecule has 0 aromatic rings. The summed E-state index contributed by atoms with van der Waals surface area (Å²) in [6, 6.07) is 0.0358. The van der Waals surface area contributed by atoms with Gasteiger partial charge in [-0.1, -0.05) is 13.8 Å². The fourth-order valence-corrected chi connectivity index (χ4v) is 1.01. The SMILES string of the molecule is CCCN(CCC)C(=O)NC. The topological polar surface area (TPSA) is 32.3 Å². The molecule has 3 nitrogen and oxygen atoms in total. The summed E-state index contributed by atoms with van der Waals surface area (Å²) in [6.07, 6.45) is 2.04. The van der Waals surface area contributed by atoms with Gasteiger partial charge in [0.05, 0.1) is 0 Å². The number of amides is 2. The number of rotatable bonds is 4. The standard InChI is InChI=1S/C8H18N2O/c1-4-6-10(7-5-2)8(11)9-3/h4-7H2,1-3H3,(H,9,11). The van der Waals surface area contributed by atoms with Crippen molar-refractivity contribution in [3.05, 3.63) is 0 Å². The molecule has 11 heavy (non-hydrogen) atoms. The normalized spacial score (nSPS) is 9.36. The van der Waals surface area contributed by atoms with Crippen molar-refractivity contribution in [3.63, 3.8) is 0 Å². The third kappa shape index (κ3) is 3.86. The van der Waals surface area contributed by atoms with Crippen LogP contribution in [0.2, 0.25) is 0 Å². The number of nitrogens with zero attached hydrogens (tertiary/aromatic N) is 1. The monoisotopic (exact) mass is 158 g/mol. The molecule has 0 aliphatic rings. The van der Waals surface area contributed by atoms with Gasteiger partial charge in [0.15, 0.2) is 0 Å². The predicted octanol–water partition coefficient (Wildman–Crippen LogP) is 1.45. The van der Waals surface area contributed by atoms with Gasteiger partial charge in [-0.3, -0.25) is 0 Å². The van der Waals surface area contributed by atoms with Gasteiger partial charge in [-0.15, -0.1) is 0 Å². The maximum Gasteiger partial charge on any atom is 0.317 e. The molecule has 0 aliphatic heterocycles. The van der Waals surface area contributed by atoms with Crippen LogP contribution in [0, 0.1) is 0 Å². The van der Waals surface area contributed by atoms with E-state index in [1.165, 1.54) is 0 Å². The number of nitrogens with one attached hydrogen (secondary N) is 1. The first-order valence-corrected chi connectivity index (χ1v) is 4.22. The highest BCUT2D eigenvalue weighted by Crippen LogP contribution is 1.93. The zero-order chi connectivity index (χ0) is 8.69. The van der Waals surface area contributed by atoms with E-state index in [1.54, 1.807) is 7.05 Å². The van der Waals surface area contributed by atoms with Gasteiger partial charge in [-0.2, -0.15) is 0 Å². The molecule has 0 radical (unpaired) electrons. The van der Waals surface area contributed by atoms with E-state index in [4.69, 9.17) is 0 Å². The molecule has 0 unspecified atom stereocenters. The van der Waals surface area contributed by atoms with Gasteiger partial charge in [0.1, 0.15) is 0 Å². The van der Waals surface area contributed by atoms with Crippen LogP contribution in [-0.2, 0) is 0 Å². The Morgan fingerprint density at radius 1 is 1.27 bits per heavy atom. The summed E-state index contributed by atoms with van der Waals surface area (Å²) in [4.78, 5) is 12.9. The van der Waals surface area contributed by atoms with Crippen molar-refractivity contribution in [2.24, 2.45) is 0 Å². The van der Waals surface area contributed by atoms with Gasteiger partial charge in [0, 0.05) is 20.1 Å². The number of hydrogen-bond donors (Lipinski definition) is 1. The van der Waals surface area contributed by atoms with Crippen molar-refractivity contribution in [2.45, 2.75) is 26.7 Å². The molecule has 2 amide bonds. The lowest BCUT2D eigenvalue weighted by Crippen LogP contribution is -2.38. The van der Waals surface area contributed by atoms with Gasteiger partial charge >= 0.3 is 6.03 Å². The molecule has 0 heterocycles. The zero-order valence-corrected chi connectivity index (χ0v) is 7.68. The van der Waals surface area contributed by atoms with E-state index in [-0.39, 0.29) is 6.03 Å². The Hall–Kier alpha value is -0.730. The molecule has 0 saturated heterocycles. The molecular weight excluding hydrogens is 140 g/mol. The average molecular weight is 158 g/mol. The Bertz CT molecular complexity index is 109. The summed E-state index contributed by atoms with van der Waals surface area (Å²) in [5.74, 6) is 0. The van der Waals surface area contributed by atoms with Gasteiger partial charge in [0.2, 0.25) is 0 Å². The average Bonchev–Trinajstić information content (AvgIpc) is 2.03. The molecule has 3 heteroatoms. The van der Waals surface area contributed by atoms with Crippen molar-refractivity contribution in [1.29, 1.82) is 0 Å². The molecule has 0 aromatic heterocycles. The second-order valence-corrected chi connectivity index (χ2v) is 2.54. The number of carbonyl (C=O) groups excluding carboxylic acids is 1. The quantitative estimate of drug-likeness (QED) is 0.660. The molecular formula is C8H18N2O. The van der Waals surface area contributed by atoms with Crippen LogP contribution < -0.4 is 5.32 Å². The highest BCUT2D eigenvalue weighted by molar-refractivity contribution is 5.73. The Kier molecular flexibility index (Phi) is 5.61. The van der Waals surface area contributed by atoms with Gasteiger partial charge in [-0.25, -0.2) is 4.79 Å². The van der Waals surface area contributed by atoms with E-state index in [9.17, 15) is 4.79 Å². The van der Waals surface area contributed by atoms with Crippen LogP contribution in [-0.4, -0.2) is 31.1 Å². The molecule has 0 rings (SSSR count). The van der Waals surface area contributed by atoms with Crippen LogP contribution in [0.15, 0.2) is 0 Å². The largest absolute Gasteiger partial charge is 0.341 e. The summed E-state index contributed by atoms with van der Waals surface area (Å²) in [7, 11) is 1.67. The third-order valence-electron chi connectivity index (χ3n) is 1.49. The minimum Gasteiger partial charge on any atom is -0.341 e. The van der Waals surface area contributed by atoms with E-state index < -0.39 is 0 Å². The van der Waals surface area contributed by atoms with Crippen LogP contribution in [0.4, 0.5) is 4.79 Å². The maximum absolute atomic E-state index is 11.1. The molecule has 0 atom stereocenters. The summed E-state index contributed by atoms with van der Waals surface area (Å²) < 4.78 is 0. The smallest absolute Gasteiger partial charge is 0.317 e. The van der Waals surface area contributed by atoms with Crippen LogP contribution in [0.25, 0.3) is 0 Å². The van der Waals surface area contributed by atoms with Gasteiger partial charge in [-0.05, 0) is 12.8 Å². The zero-order valence-electron chi connectivity index (χ0n) is 7.68. The van der Waals surface area contributed by atoms with Crippen LogP contribution >= 0.6 is 0 Å². The van der Waals surface area contributed by atoms with Crippen molar-refractivity contribution >= 4 is 6.03 Å². The lowest BCUT2D eigenvalue weighted by atomic mass is 10.4. The predicted molar refractivity (Wildman–Crippen MR) is 46.6 cm³/mol. The number of hydrogen-bond acceptors (Lipinski definition) is 1. The number of carbonyl (C=O) groups is 1. The van der Waals surface area contributed by atoms with Crippen molar-refractivity contribution in [3.8, 4) is 0 Å². The van der Waals surface area contributed by atoms with Crippen LogP contribution in [0.5, 0.6) is 0 Å². The Morgan fingerprint density at radius 3 is 2.00 bits per heavy atom. The van der Waals surface area contributed by atoms with E-state index >= 15 is 0 Å². The molecule has 0 aliphatic carbocycles. The first-order valence-electron chi connectivity index (χ1n) is 4.22. The molecule has 0 spiro atoms. The van der Waals surface area contributed by atoms with Gasteiger partial charge < -0.3 is 10.2 Å². The second kappa shape index (κ2) is 6.01. The van der Waals surface area contributed by atoms with E-state index in [2.05, 4.69) is 19.2 Å². The highest BCUT2D eigenvalue weighted by Gasteiger charge is 2.07. The van der Waals surface area contributed by atoms with E-state index in [1.807, 2.05) is 4.90 Å². The maximum atomic E-state index is 11.1. The Morgan fingerprint density at radius 2 is 1.73 bits per heavy atom. The Balaban J connectivity index is 3.76. The van der Waals surface area contributed by atoms with Gasteiger partial charge in [0.25, 0.3) is 0 Å². The lowest BCUT2D eigenvalue weighted by molar-refractivity contribution is 0.200. The van der Waals surface area contributed by atoms with Crippen molar-refractivity contribution in [2.75, 3.05) is 20.1 Å². The van der Waals surface area contributed by atoms with E-state index in [0.29, 0.717) is 0 Å². The summed E-state index contributed by atoms with van der Waals surface area (Å²) in [5, 5.41) is 2.62. The highest BCUT2D eigenvalue weighted by atomic mass is 16.2. The molecule has 0 saturated carbocycles. The lowest BCUT2D eigenvalue weighted by Gasteiger charge is -2.20. The van der Waals surface area contributed by atoms with E-state index in [0.717, 1.165) is 25.9 Å². The fraction of sp³-hybridized carbons (Fsp3) is 0.875. The molecule has 0 aromatic carbocycles. The summed E-state index contributed by atoms with van der Waals surface area (Å²) in [5.41, 5.74) is 0. The molecule has 0 bridgehead atoms. The first-order chi connectivity index (χ1) is 5.26. The van der Waals surface area contributed by atoms with Crippen molar-refractivity contribution in [1.82, 2.24) is 10.2 Å². The molecule has 0 fully saturated rings. The third-order valence-corrected chi connectivity index (χ3v) is 1.49. The van der Waals surface area contributed by atoms with Crippen LogP contribution in [0.1, 0.15) is 26.7 Å². The van der Waals surface area contributed by atoms with Crippen molar-refractivity contribution < 1.29 is 4.79 Å². The minimum atomic E-state index is 0.0358. The van der Waals surface area contributed by atoms with Crippen LogP contribution in [0.3, 0.4) is 0 Å². The number of urea groups is 1. The summed E-state index contributed by atoms with van der Waals surface area (Å²) in [6.45, 7) is 5.86. The first kappa shape index (κ1) is 10.3. The Labute approximate surface area is 68.8 Å². The fourth-order valence-electron chi connectivity index (χ4n) is 1.01. The minimum absolute atomic E-state index is 0.0358.